The fourth-order valence-corrected chi connectivity index (χ4v) is 4.30. The number of rotatable bonds is 6. The van der Waals surface area contributed by atoms with Crippen LogP contribution in [0.4, 0.5) is 0 Å². The first kappa shape index (κ1) is 21.0. The van der Waals surface area contributed by atoms with Crippen LogP contribution in [0, 0.1) is 0 Å². The maximum absolute atomic E-state index is 11.8. The van der Waals surface area contributed by atoms with Crippen molar-refractivity contribution in [1.29, 1.82) is 0 Å². The number of hydrogen-bond acceptors (Lipinski definition) is 6. The van der Waals surface area contributed by atoms with E-state index < -0.39 is 5.97 Å². The van der Waals surface area contributed by atoms with Crippen LogP contribution in [0.5, 0.6) is 5.75 Å². The van der Waals surface area contributed by atoms with Gasteiger partial charge in [-0.25, -0.2) is 14.8 Å². The molecule has 0 N–H and O–H groups in total. The number of aromatic nitrogens is 2. The Morgan fingerprint density at radius 3 is 2.35 bits per heavy atom. The van der Waals surface area contributed by atoms with Crippen LogP contribution in [0.3, 0.4) is 0 Å². The van der Waals surface area contributed by atoms with Gasteiger partial charge in [0.15, 0.2) is 0 Å². The molecule has 1 saturated heterocycles. The molecule has 0 radical (unpaired) electrons. The van der Waals surface area contributed by atoms with Crippen LogP contribution >= 0.6 is 0 Å². The van der Waals surface area contributed by atoms with Gasteiger partial charge in [-0.1, -0.05) is 42.5 Å². The molecule has 0 amide bonds. The Bertz CT molecular complexity index is 1010. The van der Waals surface area contributed by atoms with Gasteiger partial charge in [0.05, 0.1) is 25.2 Å². The van der Waals surface area contributed by atoms with E-state index in [1.807, 2.05) is 18.2 Å². The molecule has 0 atom stereocenters. The molecular formula is C25H27N3O3. The molecule has 2 heterocycles. The maximum atomic E-state index is 11.8. The Balaban J connectivity index is 1.63. The van der Waals surface area contributed by atoms with Gasteiger partial charge in [0, 0.05) is 18.9 Å². The molecule has 1 aliphatic rings. The predicted molar refractivity (Wildman–Crippen MR) is 118 cm³/mol. The minimum absolute atomic E-state index is 0.337. The van der Waals surface area contributed by atoms with Crippen molar-refractivity contribution in [3.8, 4) is 5.75 Å². The molecule has 0 unspecified atom stereocenters. The topological polar surface area (TPSA) is 64.6 Å². The van der Waals surface area contributed by atoms with E-state index >= 15 is 0 Å². The zero-order chi connectivity index (χ0) is 21.7. The average Bonchev–Trinajstić information content (AvgIpc) is 2.85. The monoisotopic (exact) mass is 417 g/mol. The number of benzene rings is 2. The number of methoxy groups -OCH3 is 2. The third-order valence-electron chi connectivity index (χ3n) is 6.08. The predicted octanol–water partition coefficient (Wildman–Crippen LogP) is 3.85. The second kappa shape index (κ2) is 9.27. The third-order valence-corrected chi connectivity index (χ3v) is 6.08. The zero-order valence-corrected chi connectivity index (χ0v) is 18.0. The zero-order valence-electron chi connectivity index (χ0n) is 18.0. The molecule has 160 valence electrons. The second-order valence-corrected chi connectivity index (χ2v) is 7.86. The van der Waals surface area contributed by atoms with Gasteiger partial charge in [-0.3, -0.25) is 4.90 Å². The number of piperidine rings is 1. The number of likely N-dealkylation sites (tertiary alicyclic amines) is 1. The van der Waals surface area contributed by atoms with Crippen LogP contribution in [0.25, 0.3) is 0 Å². The second-order valence-electron chi connectivity index (χ2n) is 7.86. The summed E-state index contributed by atoms with van der Waals surface area (Å²) in [4.78, 5) is 23.5. The summed E-state index contributed by atoms with van der Waals surface area (Å²) in [5.74, 6) is 1.11. The molecular weight excluding hydrogens is 390 g/mol. The van der Waals surface area contributed by atoms with E-state index in [0.717, 1.165) is 49.6 Å². The van der Waals surface area contributed by atoms with Crippen LogP contribution in [0.2, 0.25) is 0 Å². The lowest BCUT2D eigenvalue weighted by molar-refractivity contribution is 0.0599. The molecule has 1 aromatic heterocycles. The van der Waals surface area contributed by atoms with Gasteiger partial charge in [0.25, 0.3) is 0 Å². The summed E-state index contributed by atoms with van der Waals surface area (Å²) in [5, 5.41) is 0. The van der Waals surface area contributed by atoms with Crippen LogP contribution in [-0.4, -0.2) is 48.1 Å². The van der Waals surface area contributed by atoms with Gasteiger partial charge in [-0.2, -0.15) is 0 Å². The van der Waals surface area contributed by atoms with Crippen LogP contribution in [-0.2, 0) is 16.7 Å². The van der Waals surface area contributed by atoms with Gasteiger partial charge in [-0.05, 0) is 49.2 Å². The van der Waals surface area contributed by atoms with Gasteiger partial charge in [-0.15, -0.1) is 0 Å². The largest absolute Gasteiger partial charge is 0.497 e. The standard InChI is InChI=1S/C25H27N3O3/c1-30-22-10-6-9-21(15-22)25(24-26-16-20(17-27-24)23(29)31-2)11-13-28(14-12-25)18-19-7-4-3-5-8-19/h3-10,15-17H,11-14,18H2,1-2H3. The molecule has 2 aromatic carbocycles. The van der Waals surface area contributed by atoms with Crippen molar-refractivity contribution in [3.05, 3.63) is 89.5 Å². The molecule has 6 nitrogen and oxygen atoms in total. The Labute approximate surface area is 182 Å². The Hall–Kier alpha value is -3.25. The van der Waals surface area contributed by atoms with E-state index in [2.05, 4.69) is 51.3 Å². The van der Waals surface area contributed by atoms with Crippen molar-refractivity contribution in [2.45, 2.75) is 24.8 Å². The van der Waals surface area contributed by atoms with Crippen molar-refractivity contribution in [3.63, 3.8) is 0 Å². The highest BCUT2D eigenvalue weighted by molar-refractivity contribution is 5.88. The molecule has 0 bridgehead atoms. The fraction of sp³-hybridized carbons (Fsp3) is 0.320. The van der Waals surface area contributed by atoms with Crippen molar-refractivity contribution in [2.24, 2.45) is 0 Å². The lowest BCUT2D eigenvalue weighted by atomic mass is 9.71. The number of hydrogen-bond donors (Lipinski definition) is 0. The van der Waals surface area contributed by atoms with Crippen LogP contribution in [0.15, 0.2) is 67.0 Å². The van der Waals surface area contributed by atoms with Crippen LogP contribution in [0.1, 0.15) is 40.2 Å². The minimum Gasteiger partial charge on any atom is -0.497 e. The number of esters is 1. The first-order valence-electron chi connectivity index (χ1n) is 10.5. The maximum Gasteiger partial charge on any atom is 0.341 e. The summed E-state index contributed by atoms with van der Waals surface area (Å²) in [7, 11) is 3.03. The van der Waals surface area contributed by atoms with E-state index in [9.17, 15) is 4.79 Å². The Morgan fingerprint density at radius 2 is 1.71 bits per heavy atom. The summed E-state index contributed by atoms with van der Waals surface area (Å²) in [5.41, 5.74) is 2.47. The van der Waals surface area contributed by atoms with Gasteiger partial charge in [0.1, 0.15) is 11.6 Å². The first-order valence-corrected chi connectivity index (χ1v) is 10.5. The molecule has 4 rings (SSSR count). The van der Waals surface area contributed by atoms with Crippen molar-refractivity contribution in [2.75, 3.05) is 27.3 Å². The average molecular weight is 418 g/mol. The normalized spacial score (nSPS) is 15.9. The number of ether oxygens (including phenoxy) is 2. The summed E-state index contributed by atoms with van der Waals surface area (Å²) in [6, 6.07) is 18.7. The molecule has 0 spiro atoms. The van der Waals surface area contributed by atoms with Crippen molar-refractivity contribution < 1.29 is 14.3 Å². The third kappa shape index (κ3) is 4.44. The fourth-order valence-electron chi connectivity index (χ4n) is 4.30. The summed E-state index contributed by atoms with van der Waals surface area (Å²) >= 11 is 0. The van der Waals surface area contributed by atoms with E-state index in [1.54, 1.807) is 19.5 Å². The SMILES string of the molecule is COC(=O)c1cnc(C2(c3cccc(OC)c3)CCN(Cc3ccccc3)CC2)nc1. The summed E-state index contributed by atoms with van der Waals surface area (Å²) in [6.07, 6.45) is 4.88. The molecule has 6 heteroatoms. The number of carbonyl (C=O) groups is 1. The van der Waals surface area contributed by atoms with Crippen molar-refractivity contribution in [1.82, 2.24) is 14.9 Å². The smallest absolute Gasteiger partial charge is 0.341 e. The highest BCUT2D eigenvalue weighted by Crippen LogP contribution is 2.41. The van der Waals surface area contributed by atoms with Gasteiger partial charge < -0.3 is 9.47 Å². The highest BCUT2D eigenvalue weighted by atomic mass is 16.5. The Morgan fingerprint density at radius 1 is 1.00 bits per heavy atom. The van der Waals surface area contributed by atoms with E-state index in [4.69, 9.17) is 9.47 Å². The molecule has 3 aromatic rings. The molecule has 31 heavy (non-hydrogen) atoms. The highest BCUT2D eigenvalue weighted by Gasteiger charge is 2.40. The Kier molecular flexibility index (Phi) is 6.28. The molecule has 0 saturated carbocycles. The van der Waals surface area contributed by atoms with E-state index in [0.29, 0.717) is 5.56 Å². The summed E-state index contributed by atoms with van der Waals surface area (Å²) in [6.45, 7) is 2.78. The van der Waals surface area contributed by atoms with Gasteiger partial charge in [0.2, 0.25) is 0 Å². The first-order chi connectivity index (χ1) is 15.1. The quantitative estimate of drug-likeness (QED) is 0.568. The lowest BCUT2D eigenvalue weighted by Gasteiger charge is -2.41. The molecule has 1 aliphatic heterocycles. The molecule has 0 aliphatic carbocycles. The minimum atomic E-state index is -0.431. The number of carbonyl (C=O) groups excluding carboxylic acids is 1. The van der Waals surface area contributed by atoms with Crippen LogP contribution < -0.4 is 4.74 Å². The van der Waals surface area contributed by atoms with Crippen molar-refractivity contribution >= 4 is 5.97 Å². The lowest BCUT2D eigenvalue weighted by Crippen LogP contribution is -2.44. The van der Waals surface area contributed by atoms with E-state index in [1.165, 1.54) is 12.7 Å². The van der Waals surface area contributed by atoms with Gasteiger partial charge >= 0.3 is 5.97 Å². The summed E-state index contributed by atoms with van der Waals surface area (Å²) < 4.78 is 10.3. The van der Waals surface area contributed by atoms with E-state index in [-0.39, 0.29) is 5.41 Å². The molecule has 1 fully saturated rings. The number of nitrogens with zero attached hydrogens (tertiary/aromatic N) is 3.